The van der Waals surface area contributed by atoms with Crippen LogP contribution in [0.3, 0.4) is 0 Å². The lowest BCUT2D eigenvalue weighted by Crippen LogP contribution is -2.17. The first-order chi connectivity index (χ1) is 10.5. The first-order valence-corrected chi connectivity index (χ1v) is 6.95. The second-order valence-corrected chi connectivity index (χ2v) is 5.00. The van der Waals surface area contributed by atoms with Crippen molar-refractivity contribution in [3.8, 4) is 17.2 Å². The van der Waals surface area contributed by atoms with Crippen LogP contribution >= 0.6 is 23.2 Å². The van der Waals surface area contributed by atoms with E-state index in [1.165, 1.54) is 19.2 Å². The molecule has 0 aliphatic carbocycles. The van der Waals surface area contributed by atoms with Crippen molar-refractivity contribution in [1.29, 1.82) is 0 Å². The quantitative estimate of drug-likeness (QED) is 0.881. The fourth-order valence-corrected chi connectivity index (χ4v) is 2.14. The van der Waals surface area contributed by atoms with Gasteiger partial charge in [0.1, 0.15) is 11.5 Å². The summed E-state index contributed by atoms with van der Waals surface area (Å²) in [5, 5.41) is 3.26. The lowest BCUT2D eigenvalue weighted by molar-refractivity contribution is 0.215. The molecule has 0 radical (unpaired) electrons. The Hall–Kier alpha value is -2.11. The van der Waals surface area contributed by atoms with E-state index in [0.29, 0.717) is 22.2 Å². The van der Waals surface area contributed by atoms with Gasteiger partial charge in [0.2, 0.25) is 0 Å². The number of hydrogen-bond acceptors (Lipinski definition) is 4. The lowest BCUT2D eigenvalue weighted by atomic mass is 10.2. The molecule has 0 atom stereocenters. The van der Waals surface area contributed by atoms with E-state index in [0.717, 1.165) is 0 Å². The van der Waals surface area contributed by atoms with Crippen LogP contribution in [-0.4, -0.2) is 20.3 Å². The summed E-state index contributed by atoms with van der Waals surface area (Å²) < 4.78 is 15.4. The lowest BCUT2D eigenvalue weighted by Gasteiger charge is -2.12. The van der Waals surface area contributed by atoms with Crippen molar-refractivity contribution < 1.29 is 19.0 Å². The highest BCUT2D eigenvalue weighted by Crippen LogP contribution is 2.30. The molecule has 1 amide bonds. The minimum Gasteiger partial charge on any atom is -0.497 e. The molecule has 5 nitrogen and oxygen atoms in total. The summed E-state index contributed by atoms with van der Waals surface area (Å²) in [6.45, 7) is 0. The van der Waals surface area contributed by atoms with E-state index in [1.807, 2.05) is 0 Å². The normalized spacial score (nSPS) is 10.0. The molecule has 2 aromatic rings. The molecule has 0 fully saturated rings. The average molecular weight is 342 g/mol. The van der Waals surface area contributed by atoms with Gasteiger partial charge in [0.05, 0.1) is 24.9 Å². The molecule has 2 aromatic carbocycles. The van der Waals surface area contributed by atoms with E-state index >= 15 is 0 Å². The highest BCUT2D eigenvalue weighted by atomic mass is 35.5. The molecule has 2 rings (SSSR count). The van der Waals surface area contributed by atoms with E-state index in [1.54, 1.807) is 31.4 Å². The van der Waals surface area contributed by atoms with Gasteiger partial charge in [-0.1, -0.05) is 23.2 Å². The minimum absolute atomic E-state index is 0.205. The van der Waals surface area contributed by atoms with Gasteiger partial charge in [-0.3, -0.25) is 5.32 Å². The second-order valence-electron chi connectivity index (χ2n) is 4.16. The van der Waals surface area contributed by atoms with Crippen LogP contribution in [0.15, 0.2) is 36.4 Å². The monoisotopic (exact) mass is 341 g/mol. The number of methoxy groups -OCH3 is 2. The minimum atomic E-state index is -0.701. The Labute approximate surface area is 137 Å². The van der Waals surface area contributed by atoms with Crippen LogP contribution in [0.5, 0.6) is 17.2 Å². The number of benzene rings is 2. The number of rotatable bonds is 4. The highest BCUT2D eigenvalue weighted by molar-refractivity contribution is 6.35. The molecule has 0 aliphatic rings. The summed E-state index contributed by atoms with van der Waals surface area (Å²) in [5.74, 6) is 1.26. The predicted molar refractivity (Wildman–Crippen MR) is 85.7 cm³/mol. The van der Waals surface area contributed by atoms with Crippen molar-refractivity contribution in [3.05, 3.63) is 46.4 Å². The largest absolute Gasteiger partial charge is 0.497 e. The number of hydrogen-bond donors (Lipinski definition) is 1. The summed E-state index contributed by atoms with van der Waals surface area (Å²) in [4.78, 5) is 11.9. The Morgan fingerprint density at radius 2 is 1.77 bits per heavy atom. The van der Waals surface area contributed by atoms with Gasteiger partial charge in [0, 0.05) is 11.1 Å². The molecule has 7 heteroatoms. The number of amides is 1. The first kappa shape index (κ1) is 16.3. The maximum atomic E-state index is 11.9. The van der Waals surface area contributed by atoms with E-state index in [9.17, 15) is 4.79 Å². The third-order valence-corrected chi connectivity index (χ3v) is 3.27. The highest BCUT2D eigenvalue weighted by Gasteiger charge is 2.12. The summed E-state index contributed by atoms with van der Waals surface area (Å²) >= 11 is 11.7. The van der Waals surface area contributed by atoms with Crippen molar-refractivity contribution in [2.75, 3.05) is 19.5 Å². The SMILES string of the molecule is COc1ccc(NC(=O)Oc2ccc(Cl)cc2Cl)c(OC)c1. The third-order valence-electron chi connectivity index (χ3n) is 2.74. The molecule has 116 valence electrons. The van der Waals surface area contributed by atoms with E-state index in [2.05, 4.69) is 5.32 Å². The van der Waals surface area contributed by atoms with E-state index in [4.69, 9.17) is 37.4 Å². The third kappa shape index (κ3) is 3.96. The summed E-state index contributed by atoms with van der Waals surface area (Å²) in [6.07, 6.45) is -0.701. The number of ether oxygens (including phenoxy) is 3. The Morgan fingerprint density at radius 3 is 2.41 bits per heavy atom. The van der Waals surface area contributed by atoms with Gasteiger partial charge >= 0.3 is 6.09 Å². The van der Waals surface area contributed by atoms with Crippen molar-refractivity contribution in [2.45, 2.75) is 0 Å². The first-order valence-electron chi connectivity index (χ1n) is 6.19. The van der Waals surface area contributed by atoms with Crippen LogP contribution in [0.2, 0.25) is 10.0 Å². The van der Waals surface area contributed by atoms with Crippen molar-refractivity contribution in [2.24, 2.45) is 0 Å². The van der Waals surface area contributed by atoms with Gasteiger partial charge in [-0.15, -0.1) is 0 Å². The number of halogens is 2. The van der Waals surface area contributed by atoms with Gasteiger partial charge < -0.3 is 14.2 Å². The molecule has 1 N–H and O–H groups in total. The van der Waals surface area contributed by atoms with Crippen LogP contribution in [0.25, 0.3) is 0 Å². The van der Waals surface area contributed by atoms with Crippen molar-refractivity contribution >= 4 is 35.0 Å². The molecular weight excluding hydrogens is 329 g/mol. The summed E-state index contributed by atoms with van der Waals surface area (Å²) in [5.41, 5.74) is 0.443. The van der Waals surface area contributed by atoms with Gasteiger partial charge in [-0.2, -0.15) is 0 Å². The van der Waals surface area contributed by atoms with Crippen LogP contribution in [0.4, 0.5) is 10.5 Å². The maximum Gasteiger partial charge on any atom is 0.417 e. The van der Waals surface area contributed by atoms with Crippen LogP contribution in [0, 0.1) is 0 Å². The van der Waals surface area contributed by atoms with Gasteiger partial charge in [-0.05, 0) is 30.3 Å². The zero-order valence-electron chi connectivity index (χ0n) is 11.9. The molecule has 0 saturated carbocycles. The van der Waals surface area contributed by atoms with Crippen LogP contribution in [0.1, 0.15) is 0 Å². The van der Waals surface area contributed by atoms with Crippen LogP contribution < -0.4 is 19.5 Å². The Kier molecular flexibility index (Phi) is 5.35. The number of nitrogens with one attached hydrogen (secondary N) is 1. The summed E-state index contributed by atoms with van der Waals surface area (Å²) in [7, 11) is 3.03. The van der Waals surface area contributed by atoms with Crippen molar-refractivity contribution in [3.63, 3.8) is 0 Å². The Bertz CT molecular complexity index is 691. The average Bonchev–Trinajstić information content (AvgIpc) is 2.50. The van der Waals surface area contributed by atoms with Gasteiger partial charge in [0.15, 0.2) is 5.75 Å². The zero-order valence-corrected chi connectivity index (χ0v) is 13.4. The molecule has 0 heterocycles. The number of carbonyl (C=O) groups is 1. The zero-order chi connectivity index (χ0) is 16.1. The molecule has 0 aliphatic heterocycles. The maximum absolute atomic E-state index is 11.9. The van der Waals surface area contributed by atoms with Crippen molar-refractivity contribution in [1.82, 2.24) is 0 Å². The van der Waals surface area contributed by atoms with E-state index < -0.39 is 6.09 Å². The molecule has 0 spiro atoms. The molecule has 0 bridgehead atoms. The van der Waals surface area contributed by atoms with Gasteiger partial charge in [0.25, 0.3) is 0 Å². The molecule has 0 saturated heterocycles. The van der Waals surface area contributed by atoms with Crippen LogP contribution in [-0.2, 0) is 0 Å². The second kappa shape index (κ2) is 7.24. The smallest absolute Gasteiger partial charge is 0.417 e. The van der Waals surface area contributed by atoms with E-state index in [-0.39, 0.29) is 10.8 Å². The predicted octanol–water partition coefficient (Wildman–Crippen LogP) is 4.62. The Morgan fingerprint density at radius 1 is 1.00 bits per heavy atom. The fourth-order valence-electron chi connectivity index (χ4n) is 1.70. The number of carbonyl (C=O) groups excluding carboxylic acids is 1. The topological polar surface area (TPSA) is 56.8 Å². The van der Waals surface area contributed by atoms with Gasteiger partial charge in [-0.25, -0.2) is 4.79 Å². The molecule has 22 heavy (non-hydrogen) atoms. The standard InChI is InChI=1S/C15H13Cl2NO4/c1-20-10-4-5-12(14(8-10)21-2)18-15(19)22-13-6-3-9(16)7-11(13)17/h3-8H,1-2H3,(H,18,19). The number of anilines is 1. The fraction of sp³-hybridized carbons (Fsp3) is 0.133. The molecule has 0 aromatic heterocycles. The molecular formula is C15H13Cl2NO4. The molecule has 0 unspecified atom stereocenters. The Balaban J connectivity index is 2.12. The summed E-state index contributed by atoms with van der Waals surface area (Å²) in [6, 6.07) is 9.54.